The third-order valence-electron chi connectivity index (χ3n) is 2.57. The molecule has 0 radical (unpaired) electrons. The highest BCUT2D eigenvalue weighted by atomic mass is 15.0. The number of nitrogens with zero attached hydrogens (tertiary/aromatic N) is 1. The zero-order chi connectivity index (χ0) is 8.74. The summed E-state index contributed by atoms with van der Waals surface area (Å²) in [7, 11) is 0. The van der Waals surface area contributed by atoms with E-state index in [9.17, 15) is 0 Å². The maximum Gasteiger partial charge on any atom is 0.0845 e. The van der Waals surface area contributed by atoms with Gasteiger partial charge in [-0.2, -0.15) is 5.26 Å². The van der Waals surface area contributed by atoms with Gasteiger partial charge in [-0.1, -0.05) is 20.8 Å². The van der Waals surface area contributed by atoms with Gasteiger partial charge in [0.25, 0.3) is 0 Å². The summed E-state index contributed by atoms with van der Waals surface area (Å²) in [4.78, 5) is 0. The summed E-state index contributed by atoms with van der Waals surface area (Å²) >= 11 is 0. The van der Waals surface area contributed by atoms with Gasteiger partial charge in [0.15, 0.2) is 0 Å². The maximum atomic E-state index is 8.40. The van der Waals surface area contributed by atoms with Crippen LogP contribution in [0.4, 0.5) is 0 Å². The van der Waals surface area contributed by atoms with Crippen molar-refractivity contribution in [2.45, 2.75) is 45.6 Å². The third-order valence-corrected chi connectivity index (χ3v) is 2.57. The van der Waals surface area contributed by atoms with Crippen LogP contribution in [0.25, 0.3) is 0 Å². The van der Waals surface area contributed by atoms with Gasteiger partial charge in [0.2, 0.25) is 0 Å². The quantitative estimate of drug-likeness (QED) is 0.615. The van der Waals surface area contributed by atoms with Gasteiger partial charge in [0, 0.05) is 5.54 Å². The summed E-state index contributed by atoms with van der Waals surface area (Å²) in [6.45, 7) is 6.96. The molecule has 0 heterocycles. The Kier molecular flexibility index (Phi) is 4.89. The van der Waals surface area contributed by atoms with E-state index in [0.29, 0.717) is 6.54 Å². The van der Waals surface area contributed by atoms with Gasteiger partial charge in [-0.05, 0) is 19.3 Å². The van der Waals surface area contributed by atoms with Crippen LogP contribution < -0.4 is 5.32 Å². The molecule has 2 nitrogen and oxygen atoms in total. The van der Waals surface area contributed by atoms with E-state index in [4.69, 9.17) is 5.26 Å². The van der Waals surface area contributed by atoms with Crippen LogP contribution >= 0.6 is 0 Å². The van der Waals surface area contributed by atoms with Crippen LogP contribution in [0, 0.1) is 11.3 Å². The van der Waals surface area contributed by atoms with Gasteiger partial charge in [0.05, 0.1) is 12.6 Å². The van der Waals surface area contributed by atoms with Gasteiger partial charge in [0.1, 0.15) is 0 Å². The molecule has 0 saturated carbocycles. The van der Waals surface area contributed by atoms with E-state index >= 15 is 0 Å². The first-order chi connectivity index (χ1) is 5.24. The highest BCUT2D eigenvalue weighted by Gasteiger charge is 2.21. The Balaban J connectivity index is 3.96. The standard InChI is InChI=1S/C9H18N2/c1-4-9(5-2,6-3)11-8-7-10/h11H,4-6,8H2,1-3H3. The molecule has 0 amide bonds. The van der Waals surface area contributed by atoms with Gasteiger partial charge < -0.3 is 0 Å². The average Bonchev–Trinajstić information content (AvgIpc) is 2.08. The molecular weight excluding hydrogens is 136 g/mol. The fourth-order valence-corrected chi connectivity index (χ4v) is 1.35. The fraction of sp³-hybridized carbons (Fsp3) is 0.889. The van der Waals surface area contributed by atoms with Gasteiger partial charge in [-0.3, -0.25) is 5.32 Å². The van der Waals surface area contributed by atoms with Crippen molar-refractivity contribution in [3.63, 3.8) is 0 Å². The zero-order valence-electron chi connectivity index (χ0n) is 7.78. The highest BCUT2D eigenvalue weighted by molar-refractivity contribution is 4.88. The van der Waals surface area contributed by atoms with Crippen molar-refractivity contribution in [3.8, 4) is 6.07 Å². The lowest BCUT2D eigenvalue weighted by Gasteiger charge is -2.30. The molecule has 0 unspecified atom stereocenters. The van der Waals surface area contributed by atoms with E-state index in [-0.39, 0.29) is 5.54 Å². The molecule has 0 aromatic carbocycles. The van der Waals surface area contributed by atoms with Crippen LogP contribution in [0.2, 0.25) is 0 Å². The van der Waals surface area contributed by atoms with E-state index in [1.165, 1.54) is 0 Å². The van der Waals surface area contributed by atoms with Crippen LogP contribution in [0.15, 0.2) is 0 Å². The lowest BCUT2D eigenvalue weighted by atomic mass is 9.90. The zero-order valence-corrected chi connectivity index (χ0v) is 7.78. The molecule has 0 aromatic rings. The van der Waals surface area contributed by atoms with Crippen molar-refractivity contribution in [1.29, 1.82) is 5.26 Å². The molecule has 0 aliphatic rings. The first kappa shape index (κ1) is 10.4. The Morgan fingerprint density at radius 2 is 1.64 bits per heavy atom. The SMILES string of the molecule is CCC(CC)(CC)NCC#N. The van der Waals surface area contributed by atoms with Crippen LogP contribution in [0.1, 0.15) is 40.0 Å². The largest absolute Gasteiger partial charge is 0.299 e. The minimum absolute atomic E-state index is 0.204. The van der Waals surface area contributed by atoms with Crippen LogP contribution in [0.5, 0.6) is 0 Å². The van der Waals surface area contributed by atoms with Crippen LogP contribution in [-0.4, -0.2) is 12.1 Å². The minimum Gasteiger partial charge on any atom is -0.299 e. The van der Waals surface area contributed by atoms with Gasteiger partial charge >= 0.3 is 0 Å². The molecule has 11 heavy (non-hydrogen) atoms. The Morgan fingerprint density at radius 3 is 1.91 bits per heavy atom. The molecule has 0 bridgehead atoms. The second-order valence-corrected chi connectivity index (χ2v) is 2.85. The molecule has 0 saturated heterocycles. The second-order valence-electron chi connectivity index (χ2n) is 2.85. The molecule has 0 spiro atoms. The fourth-order valence-electron chi connectivity index (χ4n) is 1.35. The smallest absolute Gasteiger partial charge is 0.0845 e. The lowest BCUT2D eigenvalue weighted by Crippen LogP contribution is -2.43. The van der Waals surface area contributed by atoms with Crippen LogP contribution in [0.3, 0.4) is 0 Å². The number of nitriles is 1. The van der Waals surface area contributed by atoms with E-state index in [0.717, 1.165) is 19.3 Å². The summed E-state index contributed by atoms with van der Waals surface area (Å²) in [5.74, 6) is 0. The molecule has 2 heteroatoms. The molecule has 1 N–H and O–H groups in total. The average molecular weight is 154 g/mol. The Morgan fingerprint density at radius 1 is 1.18 bits per heavy atom. The molecule has 0 fully saturated rings. The molecule has 0 aliphatic heterocycles. The van der Waals surface area contributed by atoms with Crippen LogP contribution in [-0.2, 0) is 0 Å². The lowest BCUT2D eigenvalue weighted by molar-refractivity contribution is 0.303. The van der Waals surface area contributed by atoms with Crippen molar-refractivity contribution in [2.75, 3.05) is 6.54 Å². The maximum absolute atomic E-state index is 8.40. The molecule has 0 aliphatic carbocycles. The summed E-state index contributed by atoms with van der Waals surface area (Å²) in [5.41, 5.74) is 0.204. The third kappa shape index (κ3) is 2.90. The molecule has 0 rings (SSSR count). The summed E-state index contributed by atoms with van der Waals surface area (Å²) in [6, 6.07) is 2.11. The second kappa shape index (κ2) is 5.15. The summed E-state index contributed by atoms with van der Waals surface area (Å²) in [5, 5.41) is 11.7. The molecule has 64 valence electrons. The monoisotopic (exact) mass is 154 g/mol. The van der Waals surface area contributed by atoms with Gasteiger partial charge in [-0.25, -0.2) is 0 Å². The van der Waals surface area contributed by atoms with E-state index < -0.39 is 0 Å². The number of hydrogen-bond acceptors (Lipinski definition) is 2. The van der Waals surface area contributed by atoms with E-state index in [1.807, 2.05) is 0 Å². The molecular formula is C9H18N2. The van der Waals surface area contributed by atoms with E-state index in [1.54, 1.807) is 0 Å². The highest BCUT2D eigenvalue weighted by Crippen LogP contribution is 2.18. The van der Waals surface area contributed by atoms with Crippen molar-refractivity contribution in [3.05, 3.63) is 0 Å². The molecule has 0 aromatic heterocycles. The Labute approximate surface area is 69.6 Å². The first-order valence-electron chi connectivity index (χ1n) is 4.36. The van der Waals surface area contributed by atoms with Crippen molar-refractivity contribution >= 4 is 0 Å². The Bertz CT molecular complexity index is 123. The van der Waals surface area contributed by atoms with Crippen molar-refractivity contribution < 1.29 is 0 Å². The first-order valence-corrected chi connectivity index (χ1v) is 4.36. The minimum atomic E-state index is 0.204. The predicted octanol–water partition coefficient (Wildman–Crippen LogP) is 2.07. The van der Waals surface area contributed by atoms with E-state index in [2.05, 4.69) is 32.2 Å². The Hall–Kier alpha value is -0.550. The summed E-state index contributed by atoms with van der Waals surface area (Å²) < 4.78 is 0. The summed E-state index contributed by atoms with van der Waals surface area (Å²) in [6.07, 6.45) is 3.30. The van der Waals surface area contributed by atoms with Crippen molar-refractivity contribution in [2.24, 2.45) is 0 Å². The number of nitrogens with one attached hydrogen (secondary N) is 1. The normalized spacial score (nSPS) is 11.1. The predicted molar refractivity (Wildman–Crippen MR) is 47.2 cm³/mol. The topological polar surface area (TPSA) is 35.8 Å². The number of hydrogen-bond donors (Lipinski definition) is 1. The van der Waals surface area contributed by atoms with Crippen molar-refractivity contribution in [1.82, 2.24) is 5.32 Å². The number of rotatable bonds is 5. The molecule has 0 atom stereocenters. The van der Waals surface area contributed by atoms with Gasteiger partial charge in [-0.15, -0.1) is 0 Å².